The zero-order valence-corrected chi connectivity index (χ0v) is 9.40. The second kappa shape index (κ2) is 3.94. The van der Waals surface area contributed by atoms with Gasteiger partial charge in [-0.2, -0.15) is 0 Å². The summed E-state index contributed by atoms with van der Waals surface area (Å²) < 4.78 is 1.92. The van der Waals surface area contributed by atoms with Gasteiger partial charge in [0.15, 0.2) is 0 Å². The Kier molecular flexibility index (Phi) is 2.80. The van der Waals surface area contributed by atoms with Gasteiger partial charge < -0.3 is 15.0 Å². The van der Waals surface area contributed by atoms with Crippen LogP contribution in [-0.2, 0) is 12.6 Å². The fraction of sp³-hybridized carbons (Fsp3) is 0.727. The molecule has 2 heterocycles. The summed E-state index contributed by atoms with van der Waals surface area (Å²) in [5.41, 5.74) is -0.752. The van der Waals surface area contributed by atoms with Crippen molar-refractivity contribution in [3.63, 3.8) is 0 Å². The normalized spacial score (nSPS) is 31.8. The van der Waals surface area contributed by atoms with Gasteiger partial charge in [-0.25, -0.2) is 4.98 Å². The molecular weight excluding hydrogens is 190 g/mol. The lowest BCUT2D eigenvalue weighted by Gasteiger charge is -2.39. The van der Waals surface area contributed by atoms with Crippen molar-refractivity contribution in [3.05, 3.63) is 18.2 Å². The second-order valence-corrected chi connectivity index (χ2v) is 4.35. The molecule has 2 rings (SSSR count). The third-order valence-corrected chi connectivity index (χ3v) is 3.45. The molecule has 1 aliphatic heterocycles. The first-order valence-electron chi connectivity index (χ1n) is 5.59. The topological polar surface area (TPSA) is 50.1 Å². The Bertz CT molecular complexity index is 336. The van der Waals surface area contributed by atoms with Crippen molar-refractivity contribution in [2.45, 2.75) is 25.4 Å². The minimum Gasteiger partial charge on any atom is -0.382 e. The molecule has 1 saturated heterocycles. The Morgan fingerprint density at radius 3 is 3.13 bits per heavy atom. The lowest BCUT2D eigenvalue weighted by Crippen LogP contribution is -2.49. The molecule has 4 nitrogen and oxygen atoms in total. The molecule has 0 radical (unpaired) electrons. The van der Waals surface area contributed by atoms with Crippen LogP contribution in [0.15, 0.2) is 12.4 Å². The van der Waals surface area contributed by atoms with E-state index in [1.165, 1.54) is 0 Å². The van der Waals surface area contributed by atoms with Gasteiger partial charge in [-0.15, -0.1) is 0 Å². The van der Waals surface area contributed by atoms with Gasteiger partial charge in [0, 0.05) is 31.9 Å². The highest BCUT2D eigenvalue weighted by Crippen LogP contribution is 2.35. The van der Waals surface area contributed by atoms with Crippen molar-refractivity contribution in [3.8, 4) is 0 Å². The molecule has 1 fully saturated rings. The largest absolute Gasteiger partial charge is 0.382 e. The van der Waals surface area contributed by atoms with Gasteiger partial charge in [0.05, 0.1) is 0 Å². The van der Waals surface area contributed by atoms with Gasteiger partial charge in [0.2, 0.25) is 0 Å². The van der Waals surface area contributed by atoms with E-state index < -0.39 is 5.60 Å². The van der Waals surface area contributed by atoms with Crippen LogP contribution in [-0.4, -0.2) is 27.7 Å². The molecule has 15 heavy (non-hydrogen) atoms. The third-order valence-electron chi connectivity index (χ3n) is 3.45. The molecule has 0 spiro atoms. The van der Waals surface area contributed by atoms with Gasteiger partial charge in [-0.05, 0) is 19.4 Å². The van der Waals surface area contributed by atoms with E-state index in [1.54, 1.807) is 6.20 Å². The van der Waals surface area contributed by atoms with Crippen molar-refractivity contribution in [2.75, 3.05) is 13.1 Å². The smallest absolute Gasteiger partial charge is 0.140 e. The Hall–Kier alpha value is -0.870. The maximum Gasteiger partial charge on any atom is 0.140 e. The zero-order chi connectivity index (χ0) is 10.9. The molecule has 84 valence electrons. The number of nitrogens with zero attached hydrogens (tertiary/aromatic N) is 2. The molecule has 0 saturated carbocycles. The van der Waals surface area contributed by atoms with Crippen molar-refractivity contribution in [1.82, 2.24) is 14.9 Å². The Balaban J connectivity index is 2.34. The van der Waals surface area contributed by atoms with Crippen LogP contribution >= 0.6 is 0 Å². The van der Waals surface area contributed by atoms with Crippen LogP contribution in [0.4, 0.5) is 0 Å². The van der Waals surface area contributed by atoms with Crippen LogP contribution in [0.5, 0.6) is 0 Å². The molecule has 0 aromatic carbocycles. The van der Waals surface area contributed by atoms with E-state index in [9.17, 15) is 5.11 Å². The first kappa shape index (κ1) is 10.6. The average molecular weight is 209 g/mol. The SMILES string of the molecule is CCC1CNCCC1(O)c1nccn1C. The highest BCUT2D eigenvalue weighted by Gasteiger charge is 2.42. The fourth-order valence-electron chi connectivity index (χ4n) is 2.49. The highest BCUT2D eigenvalue weighted by atomic mass is 16.3. The monoisotopic (exact) mass is 209 g/mol. The number of nitrogens with one attached hydrogen (secondary N) is 1. The van der Waals surface area contributed by atoms with E-state index in [0.29, 0.717) is 0 Å². The van der Waals surface area contributed by atoms with Crippen molar-refractivity contribution >= 4 is 0 Å². The summed E-state index contributed by atoms with van der Waals surface area (Å²) in [4.78, 5) is 4.29. The minimum absolute atomic E-state index is 0.257. The number of hydrogen-bond acceptors (Lipinski definition) is 3. The number of aromatic nitrogens is 2. The zero-order valence-electron chi connectivity index (χ0n) is 9.40. The Morgan fingerprint density at radius 2 is 2.53 bits per heavy atom. The van der Waals surface area contributed by atoms with Crippen LogP contribution in [0, 0.1) is 5.92 Å². The van der Waals surface area contributed by atoms with Crippen LogP contribution in [0.1, 0.15) is 25.6 Å². The number of piperidine rings is 1. The van der Waals surface area contributed by atoms with Crippen LogP contribution in [0.25, 0.3) is 0 Å². The van der Waals surface area contributed by atoms with Crippen LogP contribution in [0.2, 0.25) is 0 Å². The predicted octanol–water partition coefficient (Wildman–Crippen LogP) is 0.627. The third kappa shape index (κ3) is 1.68. The number of rotatable bonds is 2. The molecule has 1 aromatic rings. The van der Waals surface area contributed by atoms with Crippen molar-refractivity contribution in [2.24, 2.45) is 13.0 Å². The summed E-state index contributed by atoms with van der Waals surface area (Å²) in [5.74, 6) is 1.06. The first-order valence-corrected chi connectivity index (χ1v) is 5.59. The maximum absolute atomic E-state index is 10.7. The molecule has 2 atom stereocenters. The average Bonchev–Trinajstić information content (AvgIpc) is 2.66. The summed E-state index contributed by atoms with van der Waals surface area (Å²) in [6.45, 7) is 3.85. The lowest BCUT2D eigenvalue weighted by molar-refractivity contribution is -0.0572. The van der Waals surface area contributed by atoms with Gasteiger partial charge in [-0.3, -0.25) is 0 Å². The van der Waals surface area contributed by atoms with Gasteiger partial charge in [0.25, 0.3) is 0 Å². The van der Waals surface area contributed by atoms with Crippen LogP contribution in [0.3, 0.4) is 0 Å². The van der Waals surface area contributed by atoms with Gasteiger partial charge in [0.1, 0.15) is 11.4 Å². The molecule has 4 heteroatoms. The molecule has 1 aromatic heterocycles. The molecule has 2 unspecified atom stereocenters. The summed E-state index contributed by atoms with van der Waals surface area (Å²) in [5, 5.41) is 14.1. The standard InChI is InChI=1S/C11H19N3O/c1-3-9-8-12-5-4-11(9,15)10-13-6-7-14(10)2/h6-7,9,12,15H,3-5,8H2,1-2H3. The van der Waals surface area contributed by atoms with Crippen molar-refractivity contribution in [1.29, 1.82) is 0 Å². The molecule has 0 aliphatic carbocycles. The Morgan fingerprint density at radius 1 is 1.73 bits per heavy atom. The summed E-state index contributed by atoms with van der Waals surface area (Å²) in [7, 11) is 1.94. The van der Waals surface area contributed by atoms with Crippen molar-refractivity contribution < 1.29 is 5.11 Å². The van der Waals surface area contributed by atoms with E-state index in [-0.39, 0.29) is 5.92 Å². The summed E-state index contributed by atoms with van der Waals surface area (Å²) >= 11 is 0. The fourth-order valence-corrected chi connectivity index (χ4v) is 2.49. The Labute approximate surface area is 90.3 Å². The number of hydrogen-bond donors (Lipinski definition) is 2. The summed E-state index contributed by atoms with van der Waals surface area (Å²) in [6, 6.07) is 0. The van der Waals surface area contributed by atoms with E-state index in [1.807, 2.05) is 17.8 Å². The van der Waals surface area contributed by atoms with E-state index >= 15 is 0 Å². The molecule has 0 bridgehead atoms. The first-order chi connectivity index (χ1) is 7.18. The molecule has 0 amide bonds. The predicted molar refractivity (Wildman–Crippen MR) is 58.4 cm³/mol. The quantitative estimate of drug-likeness (QED) is 0.751. The van der Waals surface area contributed by atoms with Gasteiger partial charge in [-0.1, -0.05) is 6.92 Å². The lowest BCUT2D eigenvalue weighted by atomic mass is 9.79. The van der Waals surface area contributed by atoms with Gasteiger partial charge >= 0.3 is 0 Å². The number of aryl methyl sites for hydroxylation is 1. The molecular formula is C11H19N3O. The summed E-state index contributed by atoms with van der Waals surface area (Å²) in [6.07, 6.45) is 5.36. The number of imidazole rings is 1. The highest BCUT2D eigenvalue weighted by molar-refractivity contribution is 5.09. The molecule has 1 aliphatic rings. The van der Waals surface area contributed by atoms with E-state index in [0.717, 1.165) is 31.8 Å². The van der Waals surface area contributed by atoms with E-state index in [2.05, 4.69) is 17.2 Å². The maximum atomic E-state index is 10.7. The minimum atomic E-state index is -0.752. The molecule has 2 N–H and O–H groups in total. The van der Waals surface area contributed by atoms with E-state index in [4.69, 9.17) is 0 Å². The van der Waals surface area contributed by atoms with Crippen LogP contribution < -0.4 is 5.32 Å². The second-order valence-electron chi connectivity index (χ2n) is 4.35. The number of aliphatic hydroxyl groups is 1.